The zero-order chi connectivity index (χ0) is 12.5. The van der Waals surface area contributed by atoms with Crippen LogP contribution in [0.3, 0.4) is 0 Å². The van der Waals surface area contributed by atoms with Crippen LogP contribution in [0, 0.1) is 5.41 Å². The lowest BCUT2D eigenvalue weighted by atomic mass is 9.96. The van der Waals surface area contributed by atoms with E-state index >= 15 is 0 Å². The molecular weight excluding hydrogens is 210 g/mol. The molecule has 2 N–H and O–H groups in total. The SMILES string of the molecule is CC(C)(C)CN1CCC(N2CCC(N)CC2)C1. The molecule has 0 spiro atoms. The number of likely N-dealkylation sites (tertiary alicyclic amines) is 2. The van der Waals surface area contributed by atoms with Crippen molar-refractivity contribution in [1.29, 1.82) is 0 Å². The molecule has 17 heavy (non-hydrogen) atoms. The standard InChI is InChI=1S/C14H29N3/c1-14(2,3)11-16-7-6-13(10-16)17-8-4-12(15)5-9-17/h12-13H,4-11,15H2,1-3H3. The molecule has 2 aliphatic rings. The second-order valence-electron chi connectivity index (χ2n) is 7.11. The highest BCUT2D eigenvalue weighted by molar-refractivity contribution is 4.88. The summed E-state index contributed by atoms with van der Waals surface area (Å²) in [5.74, 6) is 0. The lowest BCUT2D eigenvalue weighted by Gasteiger charge is -2.35. The zero-order valence-corrected chi connectivity index (χ0v) is 11.8. The molecule has 0 saturated carbocycles. The summed E-state index contributed by atoms with van der Waals surface area (Å²) in [4.78, 5) is 5.31. The fourth-order valence-electron chi connectivity index (χ4n) is 3.21. The van der Waals surface area contributed by atoms with Gasteiger partial charge in [0.25, 0.3) is 0 Å². The molecule has 100 valence electrons. The Labute approximate surface area is 106 Å². The monoisotopic (exact) mass is 239 g/mol. The van der Waals surface area contributed by atoms with Crippen molar-refractivity contribution in [2.75, 3.05) is 32.7 Å². The average Bonchev–Trinajstić information content (AvgIpc) is 2.64. The maximum atomic E-state index is 5.97. The molecule has 0 aliphatic carbocycles. The Hall–Kier alpha value is -0.120. The Morgan fingerprint density at radius 1 is 1.06 bits per heavy atom. The van der Waals surface area contributed by atoms with E-state index in [1.54, 1.807) is 0 Å². The van der Waals surface area contributed by atoms with E-state index in [1.807, 2.05) is 0 Å². The third kappa shape index (κ3) is 3.94. The first-order chi connectivity index (χ1) is 7.94. The average molecular weight is 239 g/mol. The highest BCUT2D eigenvalue weighted by atomic mass is 15.3. The largest absolute Gasteiger partial charge is 0.328 e. The normalized spacial score (nSPS) is 30.0. The molecule has 0 aromatic heterocycles. The molecule has 0 radical (unpaired) electrons. The Kier molecular flexibility index (Phi) is 4.11. The van der Waals surface area contributed by atoms with Crippen LogP contribution in [0.1, 0.15) is 40.0 Å². The predicted molar refractivity (Wildman–Crippen MR) is 73.1 cm³/mol. The molecule has 2 rings (SSSR count). The molecule has 3 nitrogen and oxygen atoms in total. The van der Waals surface area contributed by atoms with Gasteiger partial charge in [0, 0.05) is 25.2 Å². The lowest BCUT2D eigenvalue weighted by molar-refractivity contribution is 0.144. The molecule has 2 aliphatic heterocycles. The van der Waals surface area contributed by atoms with Gasteiger partial charge in [-0.2, -0.15) is 0 Å². The topological polar surface area (TPSA) is 32.5 Å². The van der Waals surface area contributed by atoms with Crippen LogP contribution in [0.25, 0.3) is 0 Å². The van der Waals surface area contributed by atoms with Crippen LogP contribution < -0.4 is 5.73 Å². The van der Waals surface area contributed by atoms with Crippen molar-refractivity contribution in [3.8, 4) is 0 Å². The van der Waals surface area contributed by atoms with Crippen molar-refractivity contribution in [3.63, 3.8) is 0 Å². The van der Waals surface area contributed by atoms with E-state index in [0.29, 0.717) is 11.5 Å². The van der Waals surface area contributed by atoms with Gasteiger partial charge < -0.3 is 10.6 Å². The van der Waals surface area contributed by atoms with Gasteiger partial charge in [0.15, 0.2) is 0 Å². The molecule has 1 unspecified atom stereocenters. The minimum Gasteiger partial charge on any atom is -0.328 e. The van der Waals surface area contributed by atoms with Crippen molar-refractivity contribution in [1.82, 2.24) is 9.80 Å². The number of piperidine rings is 1. The summed E-state index contributed by atoms with van der Waals surface area (Å²) in [5.41, 5.74) is 6.40. The first-order valence-corrected chi connectivity index (χ1v) is 7.16. The number of rotatable bonds is 2. The summed E-state index contributed by atoms with van der Waals surface area (Å²) in [6.45, 7) is 13.2. The number of nitrogens with two attached hydrogens (primary N) is 1. The third-order valence-corrected chi connectivity index (χ3v) is 4.04. The van der Waals surface area contributed by atoms with Gasteiger partial charge in [-0.05, 0) is 44.3 Å². The molecule has 0 bridgehead atoms. The molecule has 0 aromatic carbocycles. The van der Waals surface area contributed by atoms with Crippen LogP contribution in [-0.2, 0) is 0 Å². The van der Waals surface area contributed by atoms with Gasteiger partial charge >= 0.3 is 0 Å². The van der Waals surface area contributed by atoms with E-state index in [1.165, 1.54) is 52.0 Å². The van der Waals surface area contributed by atoms with Crippen LogP contribution >= 0.6 is 0 Å². The van der Waals surface area contributed by atoms with Gasteiger partial charge in [0.2, 0.25) is 0 Å². The minimum atomic E-state index is 0.430. The molecule has 0 aromatic rings. The molecule has 3 heteroatoms. The van der Waals surface area contributed by atoms with Crippen LogP contribution in [-0.4, -0.2) is 54.6 Å². The third-order valence-electron chi connectivity index (χ3n) is 4.04. The maximum absolute atomic E-state index is 5.97. The summed E-state index contributed by atoms with van der Waals surface area (Å²) in [5, 5.41) is 0. The molecule has 2 fully saturated rings. The van der Waals surface area contributed by atoms with Gasteiger partial charge in [-0.3, -0.25) is 4.90 Å². The minimum absolute atomic E-state index is 0.430. The van der Waals surface area contributed by atoms with Crippen LogP contribution in [0.15, 0.2) is 0 Å². The van der Waals surface area contributed by atoms with Crippen molar-refractivity contribution in [2.45, 2.75) is 52.1 Å². The Morgan fingerprint density at radius 2 is 1.71 bits per heavy atom. The van der Waals surface area contributed by atoms with E-state index in [9.17, 15) is 0 Å². The number of hydrogen-bond acceptors (Lipinski definition) is 3. The highest BCUT2D eigenvalue weighted by Gasteiger charge is 2.31. The molecule has 2 heterocycles. The van der Waals surface area contributed by atoms with Crippen molar-refractivity contribution < 1.29 is 0 Å². The van der Waals surface area contributed by atoms with Crippen LogP contribution in [0.2, 0.25) is 0 Å². The Balaban J connectivity index is 1.78. The van der Waals surface area contributed by atoms with Crippen LogP contribution in [0.5, 0.6) is 0 Å². The Morgan fingerprint density at radius 3 is 2.29 bits per heavy atom. The fourth-order valence-corrected chi connectivity index (χ4v) is 3.21. The number of hydrogen-bond donors (Lipinski definition) is 1. The summed E-state index contributed by atoms with van der Waals surface area (Å²) in [7, 11) is 0. The highest BCUT2D eigenvalue weighted by Crippen LogP contribution is 2.23. The van der Waals surface area contributed by atoms with Crippen molar-refractivity contribution in [2.24, 2.45) is 11.1 Å². The van der Waals surface area contributed by atoms with E-state index in [2.05, 4.69) is 30.6 Å². The van der Waals surface area contributed by atoms with Gasteiger partial charge in [0.05, 0.1) is 0 Å². The summed E-state index contributed by atoms with van der Waals surface area (Å²) < 4.78 is 0. The first-order valence-electron chi connectivity index (χ1n) is 7.16. The van der Waals surface area contributed by atoms with Gasteiger partial charge in [-0.25, -0.2) is 0 Å². The molecule has 0 amide bonds. The quantitative estimate of drug-likeness (QED) is 0.793. The predicted octanol–water partition coefficient (Wildman–Crippen LogP) is 1.53. The van der Waals surface area contributed by atoms with Gasteiger partial charge in [-0.1, -0.05) is 20.8 Å². The van der Waals surface area contributed by atoms with E-state index < -0.39 is 0 Å². The summed E-state index contributed by atoms with van der Waals surface area (Å²) in [6, 6.07) is 1.25. The second-order valence-corrected chi connectivity index (χ2v) is 7.11. The summed E-state index contributed by atoms with van der Waals surface area (Å²) in [6.07, 6.45) is 3.73. The van der Waals surface area contributed by atoms with Crippen LogP contribution in [0.4, 0.5) is 0 Å². The first kappa shape index (κ1) is 13.3. The number of nitrogens with zero attached hydrogens (tertiary/aromatic N) is 2. The van der Waals surface area contributed by atoms with E-state index in [0.717, 1.165) is 6.04 Å². The molecular formula is C14H29N3. The van der Waals surface area contributed by atoms with Gasteiger partial charge in [-0.15, -0.1) is 0 Å². The maximum Gasteiger partial charge on any atom is 0.0235 e. The second kappa shape index (κ2) is 5.25. The van der Waals surface area contributed by atoms with Gasteiger partial charge in [0.1, 0.15) is 0 Å². The summed E-state index contributed by atoms with van der Waals surface area (Å²) >= 11 is 0. The van der Waals surface area contributed by atoms with Crippen molar-refractivity contribution >= 4 is 0 Å². The van der Waals surface area contributed by atoms with E-state index in [-0.39, 0.29) is 0 Å². The molecule has 2 saturated heterocycles. The van der Waals surface area contributed by atoms with E-state index in [4.69, 9.17) is 5.73 Å². The van der Waals surface area contributed by atoms with Crippen molar-refractivity contribution in [3.05, 3.63) is 0 Å². The smallest absolute Gasteiger partial charge is 0.0235 e. The lowest BCUT2D eigenvalue weighted by Crippen LogP contribution is -2.46. The Bertz CT molecular complexity index is 238. The molecule has 1 atom stereocenters. The fraction of sp³-hybridized carbons (Fsp3) is 1.00. The zero-order valence-electron chi connectivity index (χ0n) is 11.8.